The molecule has 0 aliphatic rings. The predicted octanol–water partition coefficient (Wildman–Crippen LogP) is 2.49. The molecule has 0 aromatic carbocycles. The standard InChI is InChI=1S/C9H16BrN3/c1-5-13-7(6-10)11-12-8(13)9(2,3)4/h5-6H2,1-4H3. The summed E-state index contributed by atoms with van der Waals surface area (Å²) in [5.41, 5.74) is 0.0728. The van der Waals surface area contributed by atoms with E-state index in [-0.39, 0.29) is 5.41 Å². The van der Waals surface area contributed by atoms with E-state index in [2.05, 4.69) is 58.4 Å². The lowest BCUT2D eigenvalue weighted by Gasteiger charge is -2.18. The van der Waals surface area contributed by atoms with Crippen molar-refractivity contribution in [3.63, 3.8) is 0 Å². The van der Waals surface area contributed by atoms with Crippen LogP contribution < -0.4 is 0 Å². The first-order chi connectivity index (χ1) is 6.00. The second-order valence-corrected chi connectivity index (χ2v) is 4.63. The van der Waals surface area contributed by atoms with Crippen LogP contribution in [0.15, 0.2) is 0 Å². The number of halogens is 1. The van der Waals surface area contributed by atoms with E-state index in [4.69, 9.17) is 0 Å². The first-order valence-corrected chi connectivity index (χ1v) is 5.61. The van der Waals surface area contributed by atoms with Crippen LogP contribution in [0.4, 0.5) is 0 Å². The Morgan fingerprint density at radius 2 is 1.92 bits per heavy atom. The van der Waals surface area contributed by atoms with Crippen LogP contribution in [-0.4, -0.2) is 14.8 Å². The molecule has 0 fully saturated rings. The molecule has 13 heavy (non-hydrogen) atoms. The molecular weight excluding hydrogens is 230 g/mol. The highest BCUT2D eigenvalue weighted by atomic mass is 79.9. The molecule has 0 unspecified atom stereocenters. The minimum atomic E-state index is 0.0728. The van der Waals surface area contributed by atoms with Crippen molar-refractivity contribution in [2.24, 2.45) is 0 Å². The van der Waals surface area contributed by atoms with Gasteiger partial charge in [-0.25, -0.2) is 0 Å². The van der Waals surface area contributed by atoms with E-state index in [1.807, 2.05) is 0 Å². The molecule has 3 nitrogen and oxygen atoms in total. The first-order valence-electron chi connectivity index (χ1n) is 4.49. The van der Waals surface area contributed by atoms with Crippen molar-refractivity contribution in [1.29, 1.82) is 0 Å². The molecule has 0 spiro atoms. The van der Waals surface area contributed by atoms with E-state index in [1.165, 1.54) is 0 Å². The molecule has 0 amide bonds. The highest BCUT2D eigenvalue weighted by Gasteiger charge is 2.22. The van der Waals surface area contributed by atoms with Gasteiger partial charge in [0.15, 0.2) is 0 Å². The van der Waals surface area contributed by atoms with Crippen LogP contribution in [0.5, 0.6) is 0 Å². The highest BCUT2D eigenvalue weighted by molar-refractivity contribution is 9.08. The molecule has 0 N–H and O–H groups in total. The maximum atomic E-state index is 4.21. The van der Waals surface area contributed by atoms with E-state index >= 15 is 0 Å². The summed E-state index contributed by atoms with van der Waals surface area (Å²) in [5, 5.41) is 9.12. The van der Waals surface area contributed by atoms with E-state index in [0.717, 1.165) is 23.5 Å². The normalized spacial score (nSPS) is 12.1. The largest absolute Gasteiger partial charge is 0.314 e. The topological polar surface area (TPSA) is 30.7 Å². The second-order valence-electron chi connectivity index (χ2n) is 4.07. The van der Waals surface area contributed by atoms with Crippen molar-refractivity contribution in [3.05, 3.63) is 11.6 Å². The molecule has 0 saturated carbocycles. The van der Waals surface area contributed by atoms with Gasteiger partial charge in [0.2, 0.25) is 0 Å². The van der Waals surface area contributed by atoms with E-state index < -0.39 is 0 Å². The Morgan fingerprint density at radius 1 is 1.31 bits per heavy atom. The smallest absolute Gasteiger partial charge is 0.143 e. The zero-order chi connectivity index (χ0) is 10.1. The quantitative estimate of drug-likeness (QED) is 0.750. The van der Waals surface area contributed by atoms with Crippen LogP contribution in [0.2, 0.25) is 0 Å². The summed E-state index contributed by atoms with van der Waals surface area (Å²) in [6.45, 7) is 9.51. The number of alkyl halides is 1. The van der Waals surface area contributed by atoms with Crippen molar-refractivity contribution in [2.45, 2.75) is 45.0 Å². The van der Waals surface area contributed by atoms with Gasteiger partial charge in [0.05, 0.1) is 5.33 Å². The van der Waals surface area contributed by atoms with Gasteiger partial charge in [-0.3, -0.25) is 0 Å². The molecule has 0 radical (unpaired) electrons. The summed E-state index contributed by atoms with van der Waals surface area (Å²) < 4.78 is 2.16. The van der Waals surface area contributed by atoms with E-state index in [9.17, 15) is 0 Å². The highest BCUT2D eigenvalue weighted by Crippen LogP contribution is 2.21. The molecule has 0 atom stereocenters. The van der Waals surface area contributed by atoms with Crippen LogP contribution in [0.1, 0.15) is 39.3 Å². The Hall–Kier alpha value is -0.380. The minimum Gasteiger partial charge on any atom is -0.314 e. The van der Waals surface area contributed by atoms with Gasteiger partial charge in [-0.1, -0.05) is 36.7 Å². The van der Waals surface area contributed by atoms with Crippen molar-refractivity contribution >= 4 is 15.9 Å². The maximum absolute atomic E-state index is 4.21. The van der Waals surface area contributed by atoms with Gasteiger partial charge in [0.25, 0.3) is 0 Å². The lowest BCUT2D eigenvalue weighted by atomic mass is 9.96. The average molecular weight is 246 g/mol. The molecule has 1 aromatic heterocycles. The Kier molecular flexibility index (Phi) is 3.11. The molecule has 1 aromatic rings. The van der Waals surface area contributed by atoms with Crippen molar-refractivity contribution in [1.82, 2.24) is 14.8 Å². The van der Waals surface area contributed by atoms with Crippen LogP contribution in [-0.2, 0) is 17.3 Å². The molecule has 0 aliphatic carbocycles. The lowest BCUT2D eigenvalue weighted by Crippen LogP contribution is -2.19. The fourth-order valence-electron chi connectivity index (χ4n) is 1.32. The summed E-state index contributed by atoms with van der Waals surface area (Å²) in [6, 6.07) is 0. The molecular formula is C9H16BrN3. The zero-order valence-corrected chi connectivity index (χ0v) is 10.2. The van der Waals surface area contributed by atoms with E-state index in [1.54, 1.807) is 0 Å². The van der Waals surface area contributed by atoms with Crippen LogP contribution in [0.25, 0.3) is 0 Å². The third kappa shape index (κ3) is 2.10. The molecule has 0 aliphatic heterocycles. The number of rotatable bonds is 2. The van der Waals surface area contributed by atoms with Crippen LogP contribution >= 0.6 is 15.9 Å². The fraction of sp³-hybridized carbons (Fsp3) is 0.778. The van der Waals surface area contributed by atoms with Crippen molar-refractivity contribution in [2.75, 3.05) is 0 Å². The van der Waals surface area contributed by atoms with Gasteiger partial charge in [0.1, 0.15) is 11.6 Å². The molecule has 4 heteroatoms. The Labute approximate surface area is 87.7 Å². The molecule has 1 rings (SSSR count). The van der Waals surface area contributed by atoms with Gasteiger partial charge in [-0.15, -0.1) is 10.2 Å². The first kappa shape index (κ1) is 10.7. The summed E-state index contributed by atoms with van der Waals surface area (Å²) in [4.78, 5) is 0. The predicted molar refractivity (Wildman–Crippen MR) is 57.0 cm³/mol. The summed E-state index contributed by atoms with van der Waals surface area (Å²) >= 11 is 3.41. The minimum absolute atomic E-state index is 0.0728. The van der Waals surface area contributed by atoms with E-state index in [0.29, 0.717) is 0 Å². The Balaban J connectivity index is 3.16. The third-order valence-corrected chi connectivity index (χ3v) is 2.44. The lowest BCUT2D eigenvalue weighted by molar-refractivity contribution is 0.501. The summed E-state index contributed by atoms with van der Waals surface area (Å²) in [5.74, 6) is 2.07. The molecule has 0 saturated heterocycles. The number of hydrogen-bond donors (Lipinski definition) is 0. The van der Waals surface area contributed by atoms with Gasteiger partial charge < -0.3 is 4.57 Å². The molecule has 74 valence electrons. The van der Waals surface area contributed by atoms with Gasteiger partial charge in [-0.05, 0) is 6.92 Å². The third-order valence-electron chi connectivity index (χ3n) is 1.93. The van der Waals surface area contributed by atoms with Crippen molar-refractivity contribution < 1.29 is 0 Å². The second kappa shape index (κ2) is 3.78. The summed E-state index contributed by atoms with van der Waals surface area (Å²) in [7, 11) is 0. The Morgan fingerprint density at radius 3 is 2.31 bits per heavy atom. The number of nitrogens with zero attached hydrogens (tertiary/aromatic N) is 3. The Bertz CT molecular complexity index is 286. The number of aromatic nitrogens is 3. The molecule has 0 bridgehead atoms. The van der Waals surface area contributed by atoms with Gasteiger partial charge in [-0.2, -0.15) is 0 Å². The monoisotopic (exact) mass is 245 g/mol. The summed E-state index contributed by atoms with van der Waals surface area (Å²) in [6.07, 6.45) is 0. The van der Waals surface area contributed by atoms with Gasteiger partial charge in [0, 0.05) is 12.0 Å². The zero-order valence-electron chi connectivity index (χ0n) is 8.63. The van der Waals surface area contributed by atoms with Crippen LogP contribution in [0.3, 0.4) is 0 Å². The fourth-order valence-corrected chi connectivity index (χ4v) is 1.74. The van der Waals surface area contributed by atoms with Gasteiger partial charge >= 0.3 is 0 Å². The SMILES string of the molecule is CCn1c(CBr)nnc1C(C)(C)C. The van der Waals surface area contributed by atoms with Crippen molar-refractivity contribution in [3.8, 4) is 0 Å². The molecule has 1 heterocycles. The average Bonchev–Trinajstić information content (AvgIpc) is 2.45. The number of hydrogen-bond acceptors (Lipinski definition) is 2. The maximum Gasteiger partial charge on any atom is 0.143 e. The van der Waals surface area contributed by atoms with Crippen LogP contribution in [0, 0.1) is 0 Å².